The van der Waals surface area contributed by atoms with Crippen molar-refractivity contribution in [3.8, 4) is 11.1 Å². The van der Waals surface area contributed by atoms with Crippen LogP contribution in [-0.4, -0.2) is 20.1 Å². The Labute approximate surface area is 114 Å². The maximum atomic E-state index is 3.44. The second kappa shape index (κ2) is 5.45. The number of nitrogens with one attached hydrogen (secondary N) is 2. The number of anilines is 1. The predicted molar refractivity (Wildman–Crippen MR) is 81.7 cm³/mol. The van der Waals surface area contributed by atoms with E-state index in [2.05, 4.69) is 59.2 Å². The summed E-state index contributed by atoms with van der Waals surface area (Å²) in [6, 6.07) is 17.5. The minimum absolute atomic E-state index is 0.674. The van der Waals surface area contributed by atoms with Crippen molar-refractivity contribution in [2.45, 2.75) is 12.3 Å². The molecular weight excluding hydrogens is 232 g/mol. The van der Waals surface area contributed by atoms with Gasteiger partial charge in [0.25, 0.3) is 0 Å². The Bertz CT molecular complexity index is 557. The largest absolute Gasteiger partial charge is 0.388 e. The topological polar surface area (TPSA) is 24.1 Å². The average Bonchev–Trinajstić information content (AvgIpc) is 3.02. The Morgan fingerprint density at radius 3 is 2.58 bits per heavy atom. The van der Waals surface area contributed by atoms with Gasteiger partial charge in [0.15, 0.2) is 0 Å². The third-order valence-electron chi connectivity index (χ3n) is 3.90. The van der Waals surface area contributed by atoms with E-state index in [9.17, 15) is 0 Å². The summed E-state index contributed by atoms with van der Waals surface area (Å²) >= 11 is 0. The van der Waals surface area contributed by atoms with Crippen LogP contribution in [0, 0.1) is 0 Å². The van der Waals surface area contributed by atoms with Gasteiger partial charge in [-0.25, -0.2) is 0 Å². The van der Waals surface area contributed by atoms with Crippen molar-refractivity contribution in [2.75, 3.05) is 25.5 Å². The Morgan fingerprint density at radius 1 is 1.05 bits per heavy atom. The van der Waals surface area contributed by atoms with Gasteiger partial charge in [-0.1, -0.05) is 36.4 Å². The fraction of sp³-hybridized carbons (Fsp3) is 0.294. The van der Waals surface area contributed by atoms with Gasteiger partial charge in [-0.05, 0) is 47.7 Å². The smallest absolute Gasteiger partial charge is 0.0343 e. The Kier molecular flexibility index (Phi) is 3.51. The van der Waals surface area contributed by atoms with Crippen LogP contribution < -0.4 is 10.6 Å². The summed E-state index contributed by atoms with van der Waals surface area (Å²) in [5.41, 5.74) is 5.20. The summed E-state index contributed by atoms with van der Waals surface area (Å²) in [6.45, 7) is 2.25. The SMILES string of the molecule is CNc1cccc(-c2cccc(C3CCNC3)c2)c1. The van der Waals surface area contributed by atoms with Crippen molar-refractivity contribution >= 4 is 5.69 Å². The number of benzene rings is 2. The molecule has 19 heavy (non-hydrogen) atoms. The first-order valence-corrected chi connectivity index (χ1v) is 6.96. The zero-order valence-electron chi connectivity index (χ0n) is 11.3. The maximum Gasteiger partial charge on any atom is 0.0343 e. The minimum Gasteiger partial charge on any atom is -0.388 e. The first-order chi connectivity index (χ1) is 9.36. The molecule has 1 unspecified atom stereocenters. The molecule has 0 spiro atoms. The molecule has 0 amide bonds. The highest BCUT2D eigenvalue weighted by Gasteiger charge is 2.16. The molecule has 0 aliphatic carbocycles. The van der Waals surface area contributed by atoms with Gasteiger partial charge in [-0.2, -0.15) is 0 Å². The molecule has 1 atom stereocenters. The fourth-order valence-electron chi connectivity index (χ4n) is 2.77. The zero-order chi connectivity index (χ0) is 13.1. The molecular formula is C17H20N2. The van der Waals surface area contributed by atoms with Crippen LogP contribution in [0.15, 0.2) is 48.5 Å². The van der Waals surface area contributed by atoms with Crippen LogP contribution in [0.1, 0.15) is 17.9 Å². The third-order valence-corrected chi connectivity index (χ3v) is 3.90. The lowest BCUT2D eigenvalue weighted by Gasteiger charge is -2.11. The van der Waals surface area contributed by atoms with E-state index < -0.39 is 0 Å². The highest BCUT2D eigenvalue weighted by molar-refractivity contribution is 5.68. The van der Waals surface area contributed by atoms with E-state index in [4.69, 9.17) is 0 Å². The van der Waals surface area contributed by atoms with E-state index in [1.807, 2.05) is 7.05 Å². The van der Waals surface area contributed by atoms with Gasteiger partial charge in [0, 0.05) is 19.3 Å². The van der Waals surface area contributed by atoms with Crippen molar-refractivity contribution in [3.63, 3.8) is 0 Å². The molecule has 2 N–H and O–H groups in total. The molecule has 0 radical (unpaired) electrons. The molecule has 2 aromatic rings. The molecule has 3 rings (SSSR count). The lowest BCUT2D eigenvalue weighted by atomic mass is 9.94. The van der Waals surface area contributed by atoms with E-state index >= 15 is 0 Å². The normalized spacial score (nSPS) is 18.5. The van der Waals surface area contributed by atoms with Crippen molar-refractivity contribution in [1.82, 2.24) is 5.32 Å². The summed E-state index contributed by atoms with van der Waals surface area (Å²) in [6.07, 6.45) is 1.25. The summed E-state index contributed by atoms with van der Waals surface area (Å²) < 4.78 is 0. The summed E-state index contributed by atoms with van der Waals surface area (Å²) in [5, 5.41) is 6.64. The standard InChI is InChI=1S/C17H20N2/c1-18-17-7-3-6-15(11-17)13-4-2-5-14(10-13)16-8-9-19-12-16/h2-7,10-11,16,18-19H,8-9,12H2,1H3. The molecule has 0 saturated carbocycles. The molecule has 0 aromatic heterocycles. The molecule has 0 bridgehead atoms. The molecule has 2 aromatic carbocycles. The molecule has 98 valence electrons. The van der Waals surface area contributed by atoms with Gasteiger partial charge in [-0.15, -0.1) is 0 Å². The van der Waals surface area contributed by atoms with Crippen molar-refractivity contribution in [1.29, 1.82) is 0 Å². The van der Waals surface area contributed by atoms with Gasteiger partial charge >= 0.3 is 0 Å². The Hall–Kier alpha value is -1.80. The van der Waals surface area contributed by atoms with Crippen LogP contribution in [0.2, 0.25) is 0 Å². The molecule has 1 aliphatic heterocycles. The van der Waals surface area contributed by atoms with Gasteiger partial charge in [0.1, 0.15) is 0 Å². The fourth-order valence-corrected chi connectivity index (χ4v) is 2.77. The minimum atomic E-state index is 0.674. The van der Waals surface area contributed by atoms with E-state index in [1.165, 1.54) is 23.1 Å². The lowest BCUT2D eigenvalue weighted by Crippen LogP contribution is -2.07. The van der Waals surface area contributed by atoms with Crippen LogP contribution in [0.4, 0.5) is 5.69 Å². The molecule has 1 heterocycles. The number of hydrogen-bond acceptors (Lipinski definition) is 2. The van der Waals surface area contributed by atoms with Crippen molar-refractivity contribution in [2.24, 2.45) is 0 Å². The Balaban J connectivity index is 1.93. The molecule has 1 saturated heterocycles. The van der Waals surface area contributed by atoms with Crippen molar-refractivity contribution < 1.29 is 0 Å². The first-order valence-electron chi connectivity index (χ1n) is 6.96. The highest BCUT2D eigenvalue weighted by atomic mass is 14.9. The quantitative estimate of drug-likeness (QED) is 0.874. The monoisotopic (exact) mass is 252 g/mol. The molecule has 1 fully saturated rings. The summed E-state index contributed by atoms with van der Waals surface area (Å²) in [4.78, 5) is 0. The van der Waals surface area contributed by atoms with E-state index in [0.717, 1.165) is 18.8 Å². The van der Waals surface area contributed by atoms with Crippen LogP contribution in [-0.2, 0) is 0 Å². The van der Waals surface area contributed by atoms with Crippen LogP contribution >= 0.6 is 0 Å². The second-order valence-corrected chi connectivity index (χ2v) is 5.15. The zero-order valence-corrected chi connectivity index (χ0v) is 11.3. The van der Waals surface area contributed by atoms with Gasteiger partial charge in [-0.3, -0.25) is 0 Å². The number of hydrogen-bond donors (Lipinski definition) is 2. The third kappa shape index (κ3) is 2.64. The van der Waals surface area contributed by atoms with Gasteiger partial charge in [0.05, 0.1) is 0 Å². The maximum absolute atomic E-state index is 3.44. The molecule has 2 heteroatoms. The van der Waals surface area contributed by atoms with Gasteiger partial charge in [0.2, 0.25) is 0 Å². The average molecular weight is 252 g/mol. The highest BCUT2D eigenvalue weighted by Crippen LogP contribution is 2.28. The summed E-state index contributed by atoms with van der Waals surface area (Å²) in [7, 11) is 1.96. The molecule has 1 aliphatic rings. The predicted octanol–water partition coefficient (Wildman–Crippen LogP) is 3.47. The second-order valence-electron chi connectivity index (χ2n) is 5.15. The van der Waals surface area contributed by atoms with Gasteiger partial charge < -0.3 is 10.6 Å². The Morgan fingerprint density at radius 2 is 1.84 bits per heavy atom. The van der Waals surface area contributed by atoms with Crippen LogP contribution in [0.25, 0.3) is 11.1 Å². The first kappa shape index (κ1) is 12.2. The van der Waals surface area contributed by atoms with Crippen LogP contribution in [0.5, 0.6) is 0 Å². The van der Waals surface area contributed by atoms with E-state index in [0.29, 0.717) is 5.92 Å². The van der Waals surface area contributed by atoms with E-state index in [-0.39, 0.29) is 0 Å². The summed E-state index contributed by atoms with van der Waals surface area (Å²) in [5.74, 6) is 0.674. The van der Waals surface area contributed by atoms with E-state index in [1.54, 1.807) is 0 Å². The molecule has 2 nitrogen and oxygen atoms in total. The van der Waals surface area contributed by atoms with Crippen molar-refractivity contribution in [3.05, 3.63) is 54.1 Å². The number of rotatable bonds is 3. The van der Waals surface area contributed by atoms with Crippen LogP contribution in [0.3, 0.4) is 0 Å². The lowest BCUT2D eigenvalue weighted by molar-refractivity contribution is 0.764.